The largest absolute Gasteiger partial charge is 0.341 e. The van der Waals surface area contributed by atoms with Crippen LogP contribution in [0, 0.1) is 17.3 Å². The molecule has 4 heteroatoms. The molecule has 0 bridgehead atoms. The molecular weight excluding hydrogens is 226 g/mol. The second kappa shape index (κ2) is 5.17. The zero-order valence-corrected chi connectivity index (χ0v) is 11.7. The van der Waals surface area contributed by atoms with Gasteiger partial charge >= 0.3 is 0 Å². The number of nitrogens with zero attached hydrogens (tertiary/aromatic N) is 1. The number of nitrogens with two attached hydrogens (primary N) is 2. The third kappa shape index (κ3) is 2.54. The van der Waals surface area contributed by atoms with Gasteiger partial charge in [0.05, 0.1) is 6.04 Å². The Morgan fingerprint density at radius 3 is 2.72 bits per heavy atom. The van der Waals surface area contributed by atoms with E-state index in [4.69, 9.17) is 11.5 Å². The summed E-state index contributed by atoms with van der Waals surface area (Å²) in [6.45, 7) is 6.60. The molecule has 18 heavy (non-hydrogen) atoms. The van der Waals surface area contributed by atoms with E-state index in [-0.39, 0.29) is 17.9 Å². The van der Waals surface area contributed by atoms with Crippen LogP contribution in [0.2, 0.25) is 0 Å². The molecule has 1 aliphatic heterocycles. The van der Waals surface area contributed by atoms with Crippen molar-refractivity contribution in [2.75, 3.05) is 19.6 Å². The summed E-state index contributed by atoms with van der Waals surface area (Å²) in [6, 6.07) is -0.341. The first-order valence-electron chi connectivity index (χ1n) is 7.22. The van der Waals surface area contributed by atoms with Gasteiger partial charge in [-0.2, -0.15) is 0 Å². The van der Waals surface area contributed by atoms with E-state index in [0.717, 1.165) is 26.1 Å². The molecule has 1 heterocycles. The van der Waals surface area contributed by atoms with Crippen LogP contribution in [-0.4, -0.2) is 36.5 Å². The van der Waals surface area contributed by atoms with E-state index in [9.17, 15) is 4.79 Å². The Balaban J connectivity index is 1.94. The molecule has 2 aliphatic rings. The number of carbonyl (C=O) groups is 1. The van der Waals surface area contributed by atoms with Crippen LogP contribution in [-0.2, 0) is 4.79 Å². The second-order valence-electron chi connectivity index (χ2n) is 6.62. The Bertz CT molecular complexity index is 318. The van der Waals surface area contributed by atoms with E-state index in [1.807, 2.05) is 18.7 Å². The quantitative estimate of drug-likeness (QED) is 0.786. The molecule has 104 valence electrons. The van der Waals surface area contributed by atoms with Crippen LogP contribution in [0.15, 0.2) is 0 Å². The van der Waals surface area contributed by atoms with Crippen molar-refractivity contribution in [2.24, 2.45) is 28.7 Å². The summed E-state index contributed by atoms with van der Waals surface area (Å²) >= 11 is 0. The molecule has 1 spiro atoms. The van der Waals surface area contributed by atoms with E-state index in [1.54, 1.807) is 0 Å². The first-order valence-corrected chi connectivity index (χ1v) is 7.22. The van der Waals surface area contributed by atoms with E-state index in [0.29, 0.717) is 11.3 Å². The average molecular weight is 253 g/mol. The van der Waals surface area contributed by atoms with Gasteiger partial charge < -0.3 is 16.4 Å². The fraction of sp³-hybridized carbons (Fsp3) is 0.929. The summed E-state index contributed by atoms with van der Waals surface area (Å²) in [7, 11) is 0. The number of carbonyl (C=O) groups excluding carboxylic acids is 1. The summed E-state index contributed by atoms with van der Waals surface area (Å²) < 4.78 is 0. The SMILES string of the molecule is CC(C)[C@@H](N)C(=O)N1CC[C@@]2(CC[C@@H](CN)C2)C1. The standard InChI is InChI=1S/C14H27N3O/c1-10(2)12(16)13(18)17-6-5-14(9-17)4-3-11(7-14)8-15/h10-12H,3-9,15-16H2,1-2H3/t11-,12-,14-/m1/s1. The molecule has 2 fully saturated rings. The van der Waals surface area contributed by atoms with Crippen LogP contribution in [0.1, 0.15) is 39.5 Å². The van der Waals surface area contributed by atoms with Crippen LogP contribution in [0.25, 0.3) is 0 Å². The Hall–Kier alpha value is -0.610. The first kappa shape index (κ1) is 13.8. The molecule has 2 rings (SSSR count). The topological polar surface area (TPSA) is 72.4 Å². The molecule has 1 amide bonds. The van der Waals surface area contributed by atoms with E-state index in [1.165, 1.54) is 19.3 Å². The predicted octanol–water partition coefficient (Wildman–Crippen LogP) is 0.947. The van der Waals surface area contributed by atoms with Gasteiger partial charge in [0.15, 0.2) is 0 Å². The maximum absolute atomic E-state index is 12.3. The highest BCUT2D eigenvalue weighted by Crippen LogP contribution is 2.47. The molecule has 0 radical (unpaired) electrons. The summed E-state index contributed by atoms with van der Waals surface area (Å²) in [4.78, 5) is 14.2. The average Bonchev–Trinajstić information content (AvgIpc) is 2.95. The third-order valence-electron chi connectivity index (χ3n) is 4.89. The molecule has 1 saturated heterocycles. The van der Waals surface area contributed by atoms with Crippen molar-refractivity contribution < 1.29 is 4.79 Å². The van der Waals surface area contributed by atoms with Crippen molar-refractivity contribution >= 4 is 5.91 Å². The van der Waals surface area contributed by atoms with Crippen molar-refractivity contribution in [1.29, 1.82) is 0 Å². The maximum Gasteiger partial charge on any atom is 0.239 e. The number of hydrogen-bond donors (Lipinski definition) is 2. The van der Waals surface area contributed by atoms with Gasteiger partial charge in [-0.1, -0.05) is 13.8 Å². The first-order chi connectivity index (χ1) is 8.47. The van der Waals surface area contributed by atoms with Crippen molar-refractivity contribution in [3.63, 3.8) is 0 Å². The highest BCUT2D eigenvalue weighted by atomic mass is 16.2. The van der Waals surface area contributed by atoms with Crippen molar-refractivity contribution in [3.05, 3.63) is 0 Å². The summed E-state index contributed by atoms with van der Waals surface area (Å²) in [5.41, 5.74) is 12.1. The summed E-state index contributed by atoms with van der Waals surface area (Å²) in [6.07, 6.45) is 4.80. The van der Waals surface area contributed by atoms with Crippen molar-refractivity contribution in [1.82, 2.24) is 4.90 Å². The van der Waals surface area contributed by atoms with Crippen LogP contribution < -0.4 is 11.5 Å². The fourth-order valence-electron chi connectivity index (χ4n) is 3.52. The van der Waals surface area contributed by atoms with E-state index >= 15 is 0 Å². The highest BCUT2D eigenvalue weighted by Gasteiger charge is 2.45. The summed E-state index contributed by atoms with van der Waals surface area (Å²) in [5.74, 6) is 1.02. The molecule has 0 aromatic heterocycles. The number of hydrogen-bond acceptors (Lipinski definition) is 3. The Kier molecular flexibility index (Phi) is 3.97. The van der Waals surface area contributed by atoms with E-state index < -0.39 is 0 Å². The third-order valence-corrected chi connectivity index (χ3v) is 4.89. The molecule has 1 saturated carbocycles. The van der Waals surface area contributed by atoms with Crippen LogP contribution in [0.5, 0.6) is 0 Å². The molecule has 1 aliphatic carbocycles. The molecule has 0 unspecified atom stereocenters. The zero-order valence-electron chi connectivity index (χ0n) is 11.7. The fourth-order valence-corrected chi connectivity index (χ4v) is 3.52. The Labute approximate surface area is 110 Å². The smallest absolute Gasteiger partial charge is 0.239 e. The molecular formula is C14H27N3O. The van der Waals surface area contributed by atoms with Crippen molar-refractivity contribution in [3.8, 4) is 0 Å². The molecule has 4 nitrogen and oxygen atoms in total. The minimum Gasteiger partial charge on any atom is -0.341 e. The van der Waals surface area contributed by atoms with E-state index in [2.05, 4.69) is 0 Å². The van der Waals surface area contributed by atoms with Crippen molar-refractivity contribution in [2.45, 2.75) is 45.6 Å². The molecule has 4 N–H and O–H groups in total. The zero-order chi connectivity index (χ0) is 13.3. The number of likely N-dealkylation sites (tertiary alicyclic amines) is 1. The number of amides is 1. The van der Waals surface area contributed by atoms with Gasteiger partial charge in [0, 0.05) is 13.1 Å². The monoisotopic (exact) mass is 253 g/mol. The lowest BCUT2D eigenvalue weighted by Gasteiger charge is -2.26. The maximum atomic E-state index is 12.3. The Morgan fingerprint density at radius 2 is 2.17 bits per heavy atom. The predicted molar refractivity (Wildman–Crippen MR) is 72.8 cm³/mol. The molecule has 0 aromatic rings. The second-order valence-corrected chi connectivity index (χ2v) is 6.62. The van der Waals surface area contributed by atoms with Gasteiger partial charge in [0.1, 0.15) is 0 Å². The lowest BCUT2D eigenvalue weighted by molar-refractivity contribution is -0.132. The number of rotatable bonds is 3. The molecule has 0 aromatic carbocycles. The van der Waals surface area contributed by atoms with Gasteiger partial charge in [-0.05, 0) is 49.5 Å². The van der Waals surface area contributed by atoms with Crippen LogP contribution >= 0.6 is 0 Å². The lowest BCUT2D eigenvalue weighted by atomic mass is 9.84. The summed E-state index contributed by atoms with van der Waals surface area (Å²) in [5, 5.41) is 0. The lowest BCUT2D eigenvalue weighted by Crippen LogP contribution is -2.46. The van der Waals surface area contributed by atoms with Crippen LogP contribution in [0.3, 0.4) is 0 Å². The van der Waals surface area contributed by atoms with Gasteiger partial charge in [-0.25, -0.2) is 0 Å². The van der Waals surface area contributed by atoms with Gasteiger partial charge in [-0.15, -0.1) is 0 Å². The Morgan fingerprint density at radius 1 is 1.44 bits per heavy atom. The molecule has 3 atom stereocenters. The highest BCUT2D eigenvalue weighted by molar-refractivity contribution is 5.82. The minimum atomic E-state index is -0.341. The minimum absolute atomic E-state index is 0.137. The van der Waals surface area contributed by atoms with Crippen LogP contribution in [0.4, 0.5) is 0 Å². The van der Waals surface area contributed by atoms with Gasteiger partial charge in [0.25, 0.3) is 0 Å². The normalized spacial score (nSPS) is 33.6. The van der Waals surface area contributed by atoms with Gasteiger partial charge in [-0.3, -0.25) is 4.79 Å². The van der Waals surface area contributed by atoms with Gasteiger partial charge in [0.2, 0.25) is 5.91 Å².